The summed E-state index contributed by atoms with van der Waals surface area (Å²) in [6.45, 7) is 6.81. The number of rotatable bonds is 2. The second kappa shape index (κ2) is 5.04. The zero-order valence-corrected chi connectivity index (χ0v) is 14.1. The SMILES string of the molecule is C[C@@H]1[C@@H](NC(=O)c2c[nH]c3cc(F)cc(F)c23)C[C@H]2C[C@@H]1C2(C)C. The summed E-state index contributed by atoms with van der Waals surface area (Å²) in [5.41, 5.74) is 0.900. The summed E-state index contributed by atoms with van der Waals surface area (Å²) < 4.78 is 27.4. The average Bonchev–Trinajstić information content (AvgIpc) is 2.92. The van der Waals surface area contributed by atoms with Crippen LogP contribution in [0.5, 0.6) is 0 Å². The molecule has 2 N–H and O–H groups in total. The van der Waals surface area contributed by atoms with Crippen LogP contribution in [0.25, 0.3) is 10.9 Å². The van der Waals surface area contributed by atoms with Crippen molar-refractivity contribution in [2.75, 3.05) is 0 Å². The number of hydrogen-bond acceptors (Lipinski definition) is 1. The highest BCUT2D eigenvalue weighted by Crippen LogP contribution is 2.61. The van der Waals surface area contributed by atoms with Gasteiger partial charge in [-0.1, -0.05) is 20.8 Å². The number of H-pyrrole nitrogens is 1. The third-order valence-electron chi connectivity index (χ3n) is 6.61. The maximum atomic E-state index is 14.1. The summed E-state index contributed by atoms with van der Waals surface area (Å²) in [5.74, 6) is 0.00594. The van der Waals surface area contributed by atoms with Gasteiger partial charge in [-0.2, -0.15) is 0 Å². The van der Waals surface area contributed by atoms with Crippen LogP contribution in [0.2, 0.25) is 0 Å². The molecule has 1 aromatic heterocycles. The van der Waals surface area contributed by atoms with Crippen LogP contribution in [0.15, 0.2) is 18.3 Å². The fourth-order valence-electron chi connectivity index (χ4n) is 4.95. The van der Waals surface area contributed by atoms with Gasteiger partial charge in [0.15, 0.2) is 0 Å². The number of carbonyl (C=O) groups excluding carboxylic acids is 1. The molecule has 5 rings (SSSR count). The molecule has 0 saturated heterocycles. The molecular formula is C19H22F2N2O. The van der Waals surface area contributed by atoms with Gasteiger partial charge in [0.05, 0.1) is 11.1 Å². The molecule has 24 heavy (non-hydrogen) atoms. The number of fused-ring (bicyclic) bond motifs is 3. The molecule has 2 aromatic rings. The lowest BCUT2D eigenvalue weighted by molar-refractivity contribution is -0.113. The van der Waals surface area contributed by atoms with E-state index in [2.05, 4.69) is 31.1 Å². The third-order valence-corrected chi connectivity index (χ3v) is 6.61. The summed E-state index contributed by atoms with van der Waals surface area (Å²) in [4.78, 5) is 15.5. The smallest absolute Gasteiger partial charge is 0.253 e. The van der Waals surface area contributed by atoms with E-state index in [1.165, 1.54) is 18.7 Å². The van der Waals surface area contributed by atoms with Crippen molar-refractivity contribution < 1.29 is 13.6 Å². The molecule has 1 heterocycles. The number of aromatic nitrogens is 1. The molecule has 1 aromatic carbocycles. The summed E-state index contributed by atoms with van der Waals surface area (Å²) in [6, 6.07) is 2.13. The van der Waals surface area contributed by atoms with Crippen LogP contribution in [0.1, 0.15) is 44.0 Å². The molecule has 3 aliphatic rings. The number of hydrogen-bond donors (Lipinski definition) is 2. The van der Waals surface area contributed by atoms with E-state index in [1.54, 1.807) is 0 Å². The Hall–Kier alpha value is -1.91. The van der Waals surface area contributed by atoms with Crippen LogP contribution >= 0.6 is 0 Å². The number of halogens is 2. The van der Waals surface area contributed by atoms with Crippen molar-refractivity contribution in [2.45, 2.75) is 39.7 Å². The van der Waals surface area contributed by atoms with Crippen LogP contribution in [-0.4, -0.2) is 16.9 Å². The molecule has 3 saturated carbocycles. The lowest BCUT2D eigenvalue weighted by atomic mass is 9.45. The molecule has 0 unspecified atom stereocenters. The van der Waals surface area contributed by atoms with Crippen LogP contribution in [0, 0.1) is 34.8 Å². The molecule has 0 spiro atoms. The van der Waals surface area contributed by atoms with Gasteiger partial charge in [0.2, 0.25) is 0 Å². The predicted molar refractivity (Wildman–Crippen MR) is 88.6 cm³/mol. The van der Waals surface area contributed by atoms with E-state index in [0.717, 1.165) is 12.5 Å². The van der Waals surface area contributed by atoms with Gasteiger partial charge >= 0.3 is 0 Å². The molecule has 4 atom stereocenters. The van der Waals surface area contributed by atoms with Crippen molar-refractivity contribution >= 4 is 16.8 Å². The predicted octanol–water partition coefficient (Wildman–Crippen LogP) is 4.25. The zero-order valence-electron chi connectivity index (χ0n) is 14.1. The Kier molecular flexibility index (Phi) is 3.28. The van der Waals surface area contributed by atoms with E-state index in [-0.39, 0.29) is 22.9 Å². The van der Waals surface area contributed by atoms with Crippen molar-refractivity contribution in [3.8, 4) is 0 Å². The number of carbonyl (C=O) groups is 1. The van der Waals surface area contributed by atoms with Gasteiger partial charge in [-0.05, 0) is 42.1 Å². The minimum atomic E-state index is -0.711. The van der Waals surface area contributed by atoms with E-state index < -0.39 is 11.6 Å². The lowest BCUT2D eigenvalue weighted by Gasteiger charge is -2.62. The van der Waals surface area contributed by atoms with Crippen LogP contribution < -0.4 is 5.32 Å². The van der Waals surface area contributed by atoms with Gasteiger partial charge in [0, 0.05) is 23.7 Å². The highest BCUT2D eigenvalue weighted by molar-refractivity contribution is 6.07. The fourth-order valence-corrected chi connectivity index (χ4v) is 4.95. The van der Waals surface area contributed by atoms with E-state index >= 15 is 0 Å². The first-order valence-corrected chi connectivity index (χ1v) is 8.56. The van der Waals surface area contributed by atoms with E-state index in [9.17, 15) is 13.6 Å². The normalized spacial score (nSPS) is 30.9. The quantitative estimate of drug-likeness (QED) is 0.848. The van der Waals surface area contributed by atoms with Crippen LogP contribution in [0.3, 0.4) is 0 Å². The Morgan fingerprint density at radius 3 is 2.71 bits per heavy atom. The van der Waals surface area contributed by atoms with Crippen LogP contribution in [0.4, 0.5) is 8.78 Å². The first-order valence-electron chi connectivity index (χ1n) is 8.56. The zero-order chi connectivity index (χ0) is 17.2. The van der Waals surface area contributed by atoms with E-state index in [4.69, 9.17) is 0 Å². The maximum absolute atomic E-state index is 14.1. The fraction of sp³-hybridized carbons (Fsp3) is 0.526. The second-order valence-electron chi connectivity index (χ2n) is 8.05. The molecule has 5 heteroatoms. The highest BCUT2D eigenvalue weighted by atomic mass is 19.1. The molecule has 128 valence electrons. The summed E-state index contributed by atoms with van der Waals surface area (Å²) in [6.07, 6.45) is 3.66. The van der Waals surface area contributed by atoms with E-state index in [1.807, 2.05) is 0 Å². The van der Waals surface area contributed by atoms with Gasteiger partial charge in [0.1, 0.15) is 11.6 Å². The highest BCUT2D eigenvalue weighted by Gasteiger charge is 2.56. The van der Waals surface area contributed by atoms with Crippen molar-refractivity contribution in [3.63, 3.8) is 0 Å². The van der Waals surface area contributed by atoms with Gasteiger partial charge in [-0.15, -0.1) is 0 Å². The summed E-state index contributed by atoms with van der Waals surface area (Å²) in [5, 5.41) is 3.24. The standard InChI is InChI=1S/C19H22F2N2O/c1-9-13-4-10(19(13,2)3)5-15(9)23-18(24)12-8-22-16-7-11(20)6-14(21)17(12)16/h6-10,13,15,22H,4-5H2,1-3H3,(H,23,24)/t9-,10+,13-,15-/m0/s1. The van der Waals surface area contributed by atoms with Crippen molar-refractivity contribution in [3.05, 3.63) is 35.5 Å². The molecule has 3 fully saturated rings. The number of aromatic amines is 1. The molecule has 1 amide bonds. The van der Waals surface area contributed by atoms with Crippen molar-refractivity contribution in [2.24, 2.45) is 23.2 Å². The van der Waals surface area contributed by atoms with Crippen molar-refractivity contribution in [1.82, 2.24) is 10.3 Å². The monoisotopic (exact) mass is 332 g/mol. The lowest BCUT2D eigenvalue weighted by Crippen LogP contribution is -2.60. The minimum Gasteiger partial charge on any atom is -0.360 e. The second-order valence-corrected chi connectivity index (χ2v) is 8.05. The van der Waals surface area contributed by atoms with E-state index in [0.29, 0.717) is 28.7 Å². The number of benzene rings is 1. The topological polar surface area (TPSA) is 44.9 Å². The summed E-state index contributed by atoms with van der Waals surface area (Å²) in [7, 11) is 0. The molecular weight excluding hydrogens is 310 g/mol. The summed E-state index contributed by atoms with van der Waals surface area (Å²) >= 11 is 0. The Labute approximate surface area is 139 Å². The first-order chi connectivity index (χ1) is 11.3. The molecule has 3 nitrogen and oxygen atoms in total. The van der Waals surface area contributed by atoms with Gasteiger partial charge in [-0.3, -0.25) is 4.79 Å². The Balaban J connectivity index is 1.58. The minimum absolute atomic E-state index is 0.114. The molecule has 0 radical (unpaired) electrons. The average molecular weight is 332 g/mol. The Bertz CT molecular complexity index is 826. The molecule has 0 aliphatic heterocycles. The molecule has 2 bridgehead atoms. The third kappa shape index (κ3) is 2.10. The Morgan fingerprint density at radius 1 is 1.29 bits per heavy atom. The van der Waals surface area contributed by atoms with Gasteiger partial charge in [0.25, 0.3) is 5.91 Å². The van der Waals surface area contributed by atoms with Crippen LogP contribution in [-0.2, 0) is 0 Å². The maximum Gasteiger partial charge on any atom is 0.253 e. The van der Waals surface area contributed by atoms with Crippen molar-refractivity contribution in [1.29, 1.82) is 0 Å². The molecule has 3 aliphatic carbocycles. The largest absolute Gasteiger partial charge is 0.360 e. The Morgan fingerprint density at radius 2 is 2.04 bits per heavy atom. The van der Waals surface area contributed by atoms with Gasteiger partial charge in [-0.25, -0.2) is 8.78 Å². The van der Waals surface area contributed by atoms with Gasteiger partial charge < -0.3 is 10.3 Å². The number of nitrogens with one attached hydrogen (secondary N) is 2. The first kappa shape index (κ1) is 15.6. The number of amides is 1.